The molecule has 1 aromatic rings. The van der Waals surface area contributed by atoms with Crippen LogP contribution in [0.25, 0.3) is 0 Å². The molecule has 5 heteroatoms. The van der Waals surface area contributed by atoms with Crippen molar-refractivity contribution in [3.8, 4) is 0 Å². The Morgan fingerprint density at radius 1 is 1.44 bits per heavy atom. The molecule has 100 valence electrons. The number of nitrogens with one attached hydrogen (secondary N) is 2. The van der Waals surface area contributed by atoms with Crippen LogP contribution in [0.2, 0.25) is 0 Å². The van der Waals surface area contributed by atoms with Gasteiger partial charge in [-0.2, -0.15) is 5.10 Å². The predicted molar refractivity (Wildman–Crippen MR) is 70.2 cm³/mol. The minimum Gasteiger partial charge on any atom is -0.355 e. The molecule has 1 saturated heterocycles. The molecular weight excluding hydrogens is 228 g/mol. The fraction of sp³-hybridized carbons (Fsp3) is 0.692. The highest BCUT2D eigenvalue weighted by Gasteiger charge is 2.20. The van der Waals surface area contributed by atoms with Crippen LogP contribution in [-0.4, -0.2) is 28.3 Å². The van der Waals surface area contributed by atoms with Crippen LogP contribution < -0.4 is 10.6 Å². The Morgan fingerprint density at radius 2 is 2.22 bits per heavy atom. The molecule has 1 fully saturated rings. The normalized spacial score (nSPS) is 20.6. The quantitative estimate of drug-likeness (QED) is 0.834. The van der Waals surface area contributed by atoms with Crippen molar-refractivity contribution in [2.75, 3.05) is 6.54 Å². The molecule has 1 atom stereocenters. The lowest BCUT2D eigenvalue weighted by Crippen LogP contribution is -2.42. The summed E-state index contributed by atoms with van der Waals surface area (Å²) in [6.07, 6.45) is 3.10. The summed E-state index contributed by atoms with van der Waals surface area (Å²) >= 11 is 0. The van der Waals surface area contributed by atoms with E-state index in [0.29, 0.717) is 6.54 Å². The van der Waals surface area contributed by atoms with Crippen LogP contribution in [0.5, 0.6) is 0 Å². The van der Waals surface area contributed by atoms with Crippen LogP contribution in [0, 0.1) is 13.8 Å². The van der Waals surface area contributed by atoms with E-state index < -0.39 is 0 Å². The highest BCUT2D eigenvalue weighted by Crippen LogP contribution is 2.13. The molecule has 2 rings (SSSR count). The Hall–Kier alpha value is -1.36. The fourth-order valence-electron chi connectivity index (χ4n) is 2.43. The van der Waals surface area contributed by atoms with Crippen molar-refractivity contribution >= 4 is 5.91 Å². The van der Waals surface area contributed by atoms with Gasteiger partial charge in [0.1, 0.15) is 0 Å². The van der Waals surface area contributed by atoms with Crippen LogP contribution in [-0.2, 0) is 18.4 Å². The summed E-state index contributed by atoms with van der Waals surface area (Å²) in [7, 11) is 1.95. The van der Waals surface area contributed by atoms with Gasteiger partial charge >= 0.3 is 0 Å². The van der Waals surface area contributed by atoms with E-state index in [1.807, 2.05) is 18.7 Å². The van der Waals surface area contributed by atoms with E-state index in [4.69, 9.17) is 0 Å². The molecule has 1 unspecified atom stereocenters. The van der Waals surface area contributed by atoms with Gasteiger partial charge in [0, 0.05) is 31.4 Å². The number of hydrogen-bond donors (Lipinski definition) is 2. The van der Waals surface area contributed by atoms with Crippen molar-refractivity contribution in [3.05, 3.63) is 17.0 Å². The summed E-state index contributed by atoms with van der Waals surface area (Å²) in [5.74, 6) is 0.131. The third-order valence-corrected chi connectivity index (χ3v) is 3.72. The maximum Gasteiger partial charge on any atom is 0.237 e. The number of hydrogen-bond acceptors (Lipinski definition) is 3. The van der Waals surface area contributed by atoms with Crippen LogP contribution in [0.3, 0.4) is 0 Å². The molecule has 5 nitrogen and oxygen atoms in total. The lowest BCUT2D eigenvalue weighted by molar-refractivity contribution is -0.122. The topological polar surface area (TPSA) is 59.0 Å². The summed E-state index contributed by atoms with van der Waals surface area (Å²) in [6, 6.07) is -0.0634. The van der Waals surface area contributed by atoms with Gasteiger partial charge in [0.15, 0.2) is 0 Å². The first kappa shape index (κ1) is 13.1. The largest absolute Gasteiger partial charge is 0.355 e. The van der Waals surface area contributed by atoms with Gasteiger partial charge in [-0.05, 0) is 33.1 Å². The molecule has 0 spiro atoms. The summed E-state index contributed by atoms with van der Waals surface area (Å²) in [5.41, 5.74) is 3.40. The average molecular weight is 250 g/mol. The van der Waals surface area contributed by atoms with Crippen LogP contribution in [0.15, 0.2) is 0 Å². The van der Waals surface area contributed by atoms with Gasteiger partial charge in [-0.3, -0.25) is 9.48 Å². The highest BCUT2D eigenvalue weighted by molar-refractivity contribution is 5.81. The Kier molecular flexibility index (Phi) is 4.01. The zero-order valence-electron chi connectivity index (χ0n) is 11.4. The molecule has 2 heterocycles. The minimum absolute atomic E-state index is 0.0634. The summed E-state index contributed by atoms with van der Waals surface area (Å²) < 4.78 is 1.89. The summed E-state index contributed by atoms with van der Waals surface area (Å²) in [5, 5.41) is 10.7. The van der Waals surface area contributed by atoms with E-state index in [-0.39, 0.29) is 11.9 Å². The molecule has 18 heavy (non-hydrogen) atoms. The number of carbonyl (C=O) groups is 1. The molecule has 2 N–H and O–H groups in total. The van der Waals surface area contributed by atoms with E-state index in [2.05, 4.69) is 22.7 Å². The van der Waals surface area contributed by atoms with Crippen molar-refractivity contribution in [3.63, 3.8) is 0 Å². The lowest BCUT2D eigenvalue weighted by Gasteiger charge is -2.15. The molecule has 0 aromatic carbocycles. The van der Waals surface area contributed by atoms with Gasteiger partial charge in [-0.1, -0.05) is 0 Å². The number of nitrogens with zero attached hydrogens (tertiary/aromatic N) is 2. The van der Waals surface area contributed by atoms with E-state index in [0.717, 1.165) is 37.2 Å². The second kappa shape index (κ2) is 5.52. The molecule has 1 amide bonds. The molecule has 1 aliphatic rings. The Balaban J connectivity index is 2.00. The molecule has 0 radical (unpaired) electrons. The van der Waals surface area contributed by atoms with Gasteiger partial charge in [-0.25, -0.2) is 0 Å². The molecule has 0 bridgehead atoms. The van der Waals surface area contributed by atoms with Crippen molar-refractivity contribution in [2.45, 2.75) is 45.7 Å². The van der Waals surface area contributed by atoms with Crippen LogP contribution >= 0.6 is 0 Å². The van der Waals surface area contributed by atoms with E-state index >= 15 is 0 Å². The monoisotopic (exact) mass is 250 g/mol. The maximum absolute atomic E-state index is 11.8. The van der Waals surface area contributed by atoms with Crippen molar-refractivity contribution in [1.82, 2.24) is 20.4 Å². The smallest absolute Gasteiger partial charge is 0.237 e. The summed E-state index contributed by atoms with van der Waals surface area (Å²) in [4.78, 5) is 11.8. The van der Waals surface area contributed by atoms with Crippen LogP contribution in [0.4, 0.5) is 0 Å². The van der Waals surface area contributed by atoms with Crippen molar-refractivity contribution < 1.29 is 4.79 Å². The van der Waals surface area contributed by atoms with E-state index in [1.54, 1.807) is 0 Å². The molecule has 1 aromatic heterocycles. The second-order valence-electron chi connectivity index (χ2n) is 4.99. The summed E-state index contributed by atoms with van der Waals surface area (Å²) in [6.45, 7) is 5.59. The number of carbonyl (C=O) groups excluding carboxylic acids is 1. The first-order valence-electron chi connectivity index (χ1n) is 6.59. The Bertz CT molecular complexity index is 438. The minimum atomic E-state index is -0.0634. The molecule has 0 saturated carbocycles. The first-order chi connectivity index (χ1) is 8.59. The third kappa shape index (κ3) is 2.72. The number of rotatable bonds is 3. The van der Waals surface area contributed by atoms with Gasteiger partial charge in [-0.15, -0.1) is 0 Å². The second-order valence-corrected chi connectivity index (χ2v) is 4.99. The number of aryl methyl sites for hydroxylation is 2. The van der Waals surface area contributed by atoms with Gasteiger partial charge < -0.3 is 10.6 Å². The third-order valence-electron chi connectivity index (χ3n) is 3.72. The van der Waals surface area contributed by atoms with Crippen molar-refractivity contribution in [2.24, 2.45) is 7.05 Å². The van der Waals surface area contributed by atoms with Gasteiger partial charge in [0.05, 0.1) is 11.7 Å². The first-order valence-corrected chi connectivity index (χ1v) is 6.59. The molecule has 0 aliphatic carbocycles. The highest BCUT2D eigenvalue weighted by atomic mass is 16.2. The lowest BCUT2D eigenvalue weighted by atomic mass is 10.1. The molecular formula is C13H22N4O. The van der Waals surface area contributed by atoms with E-state index in [1.165, 1.54) is 5.56 Å². The number of aromatic nitrogens is 2. The average Bonchev–Trinajstić information content (AvgIpc) is 2.51. The van der Waals surface area contributed by atoms with Crippen molar-refractivity contribution in [1.29, 1.82) is 0 Å². The van der Waals surface area contributed by atoms with Crippen LogP contribution in [0.1, 0.15) is 36.2 Å². The van der Waals surface area contributed by atoms with Gasteiger partial charge in [0.25, 0.3) is 0 Å². The van der Waals surface area contributed by atoms with Gasteiger partial charge in [0.2, 0.25) is 5.91 Å². The predicted octanol–water partition coefficient (Wildman–Crippen LogP) is 0.795. The number of amides is 1. The molecule has 1 aliphatic heterocycles. The zero-order valence-corrected chi connectivity index (χ0v) is 11.4. The maximum atomic E-state index is 11.8. The Morgan fingerprint density at radius 3 is 2.89 bits per heavy atom. The Labute approximate surface area is 108 Å². The fourth-order valence-corrected chi connectivity index (χ4v) is 2.43. The zero-order chi connectivity index (χ0) is 13.1. The standard InChI is InChI=1S/C13H22N4O/c1-9-11(10(2)17(3)16-9)8-15-12-6-4-5-7-14-13(12)18/h12,15H,4-8H2,1-3H3,(H,14,18). The van der Waals surface area contributed by atoms with E-state index in [9.17, 15) is 4.79 Å². The SMILES string of the molecule is Cc1nn(C)c(C)c1CNC1CCCCNC1=O.